The average Bonchev–Trinajstić information content (AvgIpc) is 3.13. The highest BCUT2D eigenvalue weighted by atomic mass is 19.1. The van der Waals surface area contributed by atoms with Crippen molar-refractivity contribution in [3.8, 4) is 17.5 Å². The number of methoxy groups -OCH3 is 1. The molecular weight excluding hydrogens is 447 g/mol. The summed E-state index contributed by atoms with van der Waals surface area (Å²) in [6.07, 6.45) is 1.77. The van der Waals surface area contributed by atoms with Gasteiger partial charge in [-0.1, -0.05) is 12.1 Å². The molecule has 0 bridgehead atoms. The third-order valence-corrected chi connectivity index (χ3v) is 5.77. The van der Waals surface area contributed by atoms with Gasteiger partial charge < -0.3 is 20.4 Å². The molecule has 3 N–H and O–H groups in total. The molecule has 2 amide bonds. The van der Waals surface area contributed by atoms with Gasteiger partial charge in [-0.2, -0.15) is 5.26 Å². The molecule has 1 atom stereocenters. The molecule has 180 valence electrons. The Bertz CT molecular complexity index is 1290. The zero-order chi connectivity index (χ0) is 25.5. The van der Waals surface area contributed by atoms with E-state index in [0.29, 0.717) is 5.56 Å². The van der Waals surface area contributed by atoms with Crippen LogP contribution in [0, 0.1) is 36.9 Å². The molecule has 0 aliphatic rings. The third-order valence-electron chi connectivity index (χ3n) is 5.77. The predicted molar refractivity (Wildman–Crippen MR) is 131 cm³/mol. The Morgan fingerprint density at radius 1 is 1.17 bits per heavy atom. The number of nitrogens with one attached hydrogen (secondary N) is 1. The number of halogens is 1. The maximum absolute atomic E-state index is 13.1. The number of nitrogens with zero attached hydrogens (tertiary/aromatic N) is 2. The van der Waals surface area contributed by atoms with Gasteiger partial charge in [-0.15, -0.1) is 0 Å². The standard InChI is InChI=1S/C27H27FN4O3/c1-17-12-20(18(2)32(17)24-8-10-25(35-3)11-9-24)14-21(15-29)27(34)31-16-22(26(30)33)13-19-4-6-23(28)7-5-19/h4-12,14,22H,13,16H2,1-3H3,(H2,30,33)(H,31,34)/b21-14-. The first-order chi connectivity index (χ1) is 16.7. The SMILES string of the molecule is COc1ccc(-n2c(C)cc(/C=C(/C#N)C(=O)NCC(Cc3ccc(F)cc3)C(N)=O)c2C)cc1. The summed E-state index contributed by atoms with van der Waals surface area (Å²) in [5, 5.41) is 12.2. The molecule has 0 spiro atoms. The molecule has 1 heterocycles. The molecule has 35 heavy (non-hydrogen) atoms. The van der Waals surface area contributed by atoms with Crippen LogP contribution in [0.1, 0.15) is 22.5 Å². The quantitative estimate of drug-likeness (QED) is 0.365. The van der Waals surface area contributed by atoms with Crippen molar-refractivity contribution in [3.05, 3.63) is 88.5 Å². The zero-order valence-corrected chi connectivity index (χ0v) is 19.8. The van der Waals surface area contributed by atoms with Crippen molar-refractivity contribution in [2.45, 2.75) is 20.3 Å². The Labute approximate surface area is 203 Å². The van der Waals surface area contributed by atoms with Crippen LogP contribution in [0.2, 0.25) is 0 Å². The van der Waals surface area contributed by atoms with E-state index in [-0.39, 0.29) is 24.4 Å². The molecule has 0 radical (unpaired) electrons. The van der Waals surface area contributed by atoms with Gasteiger partial charge >= 0.3 is 0 Å². The Balaban J connectivity index is 1.76. The van der Waals surface area contributed by atoms with Crippen LogP contribution in [-0.4, -0.2) is 30.0 Å². The number of amides is 2. The van der Waals surface area contributed by atoms with Crippen LogP contribution in [0.25, 0.3) is 11.8 Å². The number of primary amides is 1. The zero-order valence-electron chi connectivity index (χ0n) is 19.8. The van der Waals surface area contributed by atoms with Gasteiger partial charge in [0, 0.05) is 23.6 Å². The predicted octanol–water partition coefficient (Wildman–Crippen LogP) is 3.61. The normalized spacial score (nSPS) is 12.0. The van der Waals surface area contributed by atoms with Gasteiger partial charge in [-0.3, -0.25) is 9.59 Å². The molecular formula is C27H27FN4O3. The second-order valence-electron chi connectivity index (χ2n) is 8.17. The molecule has 0 saturated carbocycles. The molecule has 0 saturated heterocycles. The Kier molecular flexibility index (Phi) is 8.05. The van der Waals surface area contributed by atoms with E-state index in [1.165, 1.54) is 18.2 Å². The molecule has 3 aromatic rings. The second-order valence-corrected chi connectivity index (χ2v) is 8.17. The van der Waals surface area contributed by atoms with E-state index in [1.54, 1.807) is 19.2 Å². The van der Waals surface area contributed by atoms with Crippen molar-refractivity contribution in [1.82, 2.24) is 9.88 Å². The largest absolute Gasteiger partial charge is 0.497 e. The molecule has 8 heteroatoms. The first-order valence-electron chi connectivity index (χ1n) is 11.0. The number of benzene rings is 2. The Morgan fingerprint density at radius 2 is 1.83 bits per heavy atom. The molecule has 1 aromatic heterocycles. The van der Waals surface area contributed by atoms with E-state index in [1.807, 2.05) is 54.8 Å². The van der Waals surface area contributed by atoms with Crippen molar-refractivity contribution < 1.29 is 18.7 Å². The smallest absolute Gasteiger partial charge is 0.261 e. The molecule has 2 aromatic carbocycles. The fourth-order valence-electron chi connectivity index (χ4n) is 3.86. The summed E-state index contributed by atoms with van der Waals surface area (Å²) < 4.78 is 20.4. The highest BCUT2D eigenvalue weighted by molar-refractivity contribution is 6.02. The minimum atomic E-state index is -0.704. The Hall–Kier alpha value is -4.38. The molecule has 0 aliphatic heterocycles. The maximum Gasteiger partial charge on any atom is 0.261 e. The minimum Gasteiger partial charge on any atom is -0.497 e. The number of rotatable bonds is 9. The van der Waals surface area contributed by atoms with E-state index >= 15 is 0 Å². The number of aryl methyl sites for hydroxylation is 1. The lowest BCUT2D eigenvalue weighted by Gasteiger charge is -2.14. The third kappa shape index (κ3) is 6.15. The number of nitriles is 1. The van der Waals surface area contributed by atoms with Gasteiger partial charge in [0.25, 0.3) is 5.91 Å². The van der Waals surface area contributed by atoms with Crippen LogP contribution in [-0.2, 0) is 16.0 Å². The molecule has 1 unspecified atom stereocenters. The van der Waals surface area contributed by atoms with Crippen molar-refractivity contribution in [2.75, 3.05) is 13.7 Å². The van der Waals surface area contributed by atoms with E-state index < -0.39 is 17.7 Å². The number of hydrogen-bond acceptors (Lipinski definition) is 4. The minimum absolute atomic E-state index is 0.0462. The van der Waals surface area contributed by atoms with Crippen LogP contribution in [0.15, 0.2) is 60.2 Å². The summed E-state index contributed by atoms with van der Waals surface area (Å²) in [5.74, 6) is -1.54. The maximum atomic E-state index is 13.1. The molecule has 7 nitrogen and oxygen atoms in total. The summed E-state index contributed by atoms with van der Waals surface area (Å²) in [5.41, 5.74) is 9.56. The van der Waals surface area contributed by atoms with Gasteiger partial charge in [0.05, 0.1) is 13.0 Å². The van der Waals surface area contributed by atoms with E-state index in [9.17, 15) is 19.2 Å². The van der Waals surface area contributed by atoms with E-state index in [2.05, 4.69) is 5.32 Å². The molecule has 3 rings (SSSR count). The van der Waals surface area contributed by atoms with Gasteiger partial charge in [-0.05, 0) is 79.9 Å². The van der Waals surface area contributed by atoms with Crippen molar-refractivity contribution >= 4 is 17.9 Å². The average molecular weight is 475 g/mol. The van der Waals surface area contributed by atoms with Crippen molar-refractivity contribution in [1.29, 1.82) is 5.26 Å². The summed E-state index contributed by atoms with van der Waals surface area (Å²) >= 11 is 0. The lowest BCUT2D eigenvalue weighted by Crippen LogP contribution is -2.37. The summed E-state index contributed by atoms with van der Waals surface area (Å²) in [4.78, 5) is 24.6. The monoisotopic (exact) mass is 474 g/mol. The van der Waals surface area contributed by atoms with Crippen molar-refractivity contribution in [2.24, 2.45) is 11.7 Å². The van der Waals surface area contributed by atoms with Gasteiger partial charge in [-0.25, -0.2) is 4.39 Å². The van der Waals surface area contributed by atoms with Gasteiger partial charge in [0.15, 0.2) is 0 Å². The second kappa shape index (κ2) is 11.2. The number of ether oxygens (including phenoxy) is 1. The lowest BCUT2D eigenvalue weighted by atomic mass is 9.98. The van der Waals surface area contributed by atoms with Gasteiger partial charge in [0.1, 0.15) is 23.2 Å². The number of aromatic nitrogens is 1. The highest BCUT2D eigenvalue weighted by Crippen LogP contribution is 2.24. The van der Waals surface area contributed by atoms with Crippen LogP contribution in [0.4, 0.5) is 4.39 Å². The van der Waals surface area contributed by atoms with E-state index in [0.717, 1.165) is 28.4 Å². The van der Waals surface area contributed by atoms with Crippen LogP contribution in [0.5, 0.6) is 5.75 Å². The first kappa shape index (κ1) is 25.2. The number of carbonyl (C=O) groups excluding carboxylic acids is 2. The fraction of sp³-hybridized carbons (Fsp3) is 0.222. The van der Waals surface area contributed by atoms with Crippen LogP contribution >= 0.6 is 0 Å². The lowest BCUT2D eigenvalue weighted by molar-refractivity contribution is -0.122. The fourth-order valence-corrected chi connectivity index (χ4v) is 3.86. The highest BCUT2D eigenvalue weighted by Gasteiger charge is 2.19. The Morgan fingerprint density at radius 3 is 2.40 bits per heavy atom. The van der Waals surface area contributed by atoms with Gasteiger partial charge in [0.2, 0.25) is 5.91 Å². The number of carbonyl (C=O) groups is 2. The molecule has 0 aliphatic carbocycles. The summed E-state index contributed by atoms with van der Waals surface area (Å²) in [7, 11) is 1.60. The topological polar surface area (TPSA) is 110 Å². The van der Waals surface area contributed by atoms with E-state index in [4.69, 9.17) is 10.5 Å². The number of nitrogens with two attached hydrogens (primary N) is 1. The van der Waals surface area contributed by atoms with Crippen LogP contribution < -0.4 is 15.8 Å². The van der Waals surface area contributed by atoms with Crippen LogP contribution in [0.3, 0.4) is 0 Å². The summed E-state index contributed by atoms with van der Waals surface area (Å²) in [6, 6.07) is 17.1. The summed E-state index contributed by atoms with van der Waals surface area (Å²) in [6.45, 7) is 3.80. The number of hydrogen-bond donors (Lipinski definition) is 2. The first-order valence-corrected chi connectivity index (χ1v) is 11.0. The molecule has 0 fully saturated rings. The van der Waals surface area contributed by atoms with Crippen molar-refractivity contribution in [3.63, 3.8) is 0 Å².